The van der Waals surface area contributed by atoms with Crippen LogP contribution in [0.25, 0.3) is 16.9 Å². The van der Waals surface area contributed by atoms with E-state index in [-0.39, 0.29) is 5.75 Å². The number of fused-ring (bicyclic) bond motifs is 1. The third-order valence-electron chi connectivity index (χ3n) is 4.30. The fourth-order valence-corrected chi connectivity index (χ4v) is 3.57. The number of aromatic hydroxyl groups is 1. The molecule has 2 N–H and O–H groups in total. The summed E-state index contributed by atoms with van der Waals surface area (Å²) in [6.07, 6.45) is 2.04. The minimum Gasteiger partial charge on any atom is -0.507 e. The molecular formula is C21H18BrN3O. The summed E-state index contributed by atoms with van der Waals surface area (Å²) in [6, 6.07) is 17.4. The van der Waals surface area contributed by atoms with Crippen molar-refractivity contribution >= 4 is 33.1 Å². The molecule has 0 fully saturated rings. The highest BCUT2D eigenvalue weighted by atomic mass is 79.9. The van der Waals surface area contributed by atoms with Gasteiger partial charge in [-0.1, -0.05) is 24.3 Å². The van der Waals surface area contributed by atoms with Gasteiger partial charge in [-0.05, 0) is 71.2 Å². The highest BCUT2D eigenvalue weighted by Gasteiger charge is 2.17. The molecular weight excluding hydrogens is 390 g/mol. The Bertz CT molecular complexity index is 1120. The topological polar surface area (TPSA) is 49.6 Å². The van der Waals surface area contributed by atoms with E-state index in [1.54, 1.807) is 6.07 Å². The van der Waals surface area contributed by atoms with Crippen LogP contribution in [-0.2, 0) is 0 Å². The van der Waals surface area contributed by atoms with Crippen molar-refractivity contribution in [2.75, 3.05) is 5.32 Å². The smallest absolute Gasteiger partial charge is 0.143 e. The number of rotatable bonds is 3. The number of aryl methyl sites for hydroxylation is 2. The van der Waals surface area contributed by atoms with Gasteiger partial charge in [-0.3, -0.25) is 4.40 Å². The van der Waals surface area contributed by atoms with Gasteiger partial charge in [0, 0.05) is 16.2 Å². The maximum atomic E-state index is 10.3. The maximum absolute atomic E-state index is 10.3. The van der Waals surface area contributed by atoms with Crippen LogP contribution in [-0.4, -0.2) is 14.5 Å². The Morgan fingerprint density at radius 1 is 1.00 bits per heavy atom. The van der Waals surface area contributed by atoms with Crippen molar-refractivity contribution in [3.8, 4) is 17.0 Å². The number of imidazole rings is 1. The van der Waals surface area contributed by atoms with Gasteiger partial charge < -0.3 is 10.4 Å². The molecule has 0 amide bonds. The third-order valence-corrected chi connectivity index (χ3v) is 4.96. The minimum absolute atomic E-state index is 0.207. The summed E-state index contributed by atoms with van der Waals surface area (Å²) in [7, 11) is 0. The lowest BCUT2D eigenvalue weighted by Gasteiger charge is -2.12. The molecule has 4 aromatic rings. The molecule has 0 saturated heterocycles. The molecule has 0 aliphatic heterocycles. The molecule has 0 atom stereocenters. The molecule has 0 bridgehead atoms. The highest BCUT2D eigenvalue weighted by molar-refractivity contribution is 9.10. The zero-order chi connectivity index (χ0) is 18.3. The van der Waals surface area contributed by atoms with Gasteiger partial charge in [-0.2, -0.15) is 0 Å². The number of anilines is 2. The maximum Gasteiger partial charge on any atom is 0.143 e. The fourth-order valence-electron chi connectivity index (χ4n) is 2.98. The second kappa shape index (κ2) is 6.50. The number of hydrogen-bond acceptors (Lipinski definition) is 3. The number of halogens is 1. The fraction of sp³-hybridized carbons (Fsp3) is 0.0952. The van der Waals surface area contributed by atoms with Gasteiger partial charge in [0.25, 0.3) is 0 Å². The van der Waals surface area contributed by atoms with Crippen LogP contribution in [0.1, 0.15) is 11.1 Å². The van der Waals surface area contributed by atoms with E-state index in [4.69, 9.17) is 4.98 Å². The number of nitrogens with zero attached hydrogens (tertiary/aromatic N) is 2. The highest BCUT2D eigenvalue weighted by Crippen LogP contribution is 2.37. The van der Waals surface area contributed by atoms with E-state index >= 15 is 0 Å². The molecule has 26 heavy (non-hydrogen) atoms. The second-order valence-corrected chi connectivity index (χ2v) is 7.22. The van der Waals surface area contributed by atoms with E-state index in [0.717, 1.165) is 27.2 Å². The molecule has 2 aromatic carbocycles. The molecule has 0 spiro atoms. The second-order valence-electron chi connectivity index (χ2n) is 6.37. The normalized spacial score (nSPS) is 11.0. The van der Waals surface area contributed by atoms with Crippen LogP contribution in [0.3, 0.4) is 0 Å². The first-order chi connectivity index (χ1) is 12.5. The molecule has 2 heterocycles. The predicted octanol–water partition coefficient (Wildman–Crippen LogP) is 5.83. The van der Waals surface area contributed by atoms with Crippen LogP contribution < -0.4 is 5.32 Å². The number of phenols is 1. The Hall–Kier alpha value is -2.79. The van der Waals surface area contributed by atoms with E-state index < -0.39 is 0 Å². The van der Waals surface area contributed by atoms with Crippen molar-refractivity contribution in [2.24, 2.45) is 0 Å². The van der Waals surface area contributed by atoms with E-state index in [2.05, 4.69) is 40.3 Å². The number of pyridine rings is 1. The van der Waals surface area contributed by atoms with Crippen molar-refractivity contribution in [1.82, 2.24) is 9.38 Å². The third kappa shape index (κ3) is 2.95. The monoisotopic (exact) mass is 407 g/mol. The van der Waals surface area contributed by atoms with Gasteiger partial charge in [0.1, 0.15) is 22.9 Å². The van der Waals surface area contributed by atoms with E-state index in [0.29, 0.717) is 11.3 Å². The summed E-state index contributed by atoms with van der Waals surface area (Å²) < 4.78 is 2.99. The average molecular weight is 408 g/mol. The first kappa shape index (κ1) is 16.7. The summed E-state index contributed by atoms with van der Waals surface area (Å²) in [5.74, 6) is 1.02. The zero-order valence-electron chi connectivity index (χ0n) is 14.5. The lowest BCUT2D eigenvalue weighted by molar-refractivity contribution is 0.477. The Kier molecular flexibility index (Phi) is 4.17. The van der Waals surface area contributed by atoms with Gasteiger partial charge in [0.2, 0.25) is 0 Å². The lowest BCUT2D eigenvalue weighted by atomic mass is 10.1. The van der Waals surface area contributed by atoms with Crippen LogP contribution >= 0.6 is 15.9 Å². The van der Waals surface area contributed by atoms with Crippen molar-refractivity contribution in [1.29, 1.82) is 0 Å². The summed E-state index contributed by atoms with van der Waals surface area (Å²) in [5, 5.41) is 13.8. The van der Waals surface area contributed by atoms with E-state index in [9.17, 15) is 5.11 Å². The number of para-hydroxylation sites is 1. The molecule has 0 unspecified atom stereocenters. The van der Waals surface area contributed by atoms with Crippen molar-refractivity contribution in [3.63, 3.8) is 0 Å². The van der Waals surface area contributed by atoms with E-state index in [1.807, 2.05) is 53.9 Å². The average Bonchev–Trinajstić information content (AvgIpc) is 2.95. The quantitative estimate of drug-likeness (QED) is 0.449. The Morgan fingerprint density at radius 2 is 1.77 bits per heavy atom. The van der Waals surface area contributed by atoms with Gasteiger partial charge in [-0.15, -0.1) is 0 Å². The van der Waals surface area contributed by atoms with Crippen LogP contribution in [0, 0.1) is 13.8 Å². The van der Waals surface area contributed by atoms with Crippen LogP contribution in [0.15, 0.2) is 65.3 Å². The Balaban J connectivity index is 1.95. The summed E-state index contributed by atoms with van der Waals surface area (Å²) in [5.41, 5.74) is 5.47. The molecule has 0 aliphatic carbocycles. The number of hydrogen-bond donors (Lipinski definition) is 2. The van der Waals surface area contributed by atoms with Gasteiger partial charge in [0.15, 0.2) is 0 Å². The zero-order valence-corrected chi connectivity index (χ0v) is 16.1. The minimum atomic E-state index is 0.207. The number of aromatic nitrogens is 2. The first-order valence-electron chi connectivity index (χ1n) is 8.33. The molecule has 0 radical (unpaired) electrons. The van der Waals surface area contributed by atoms with Gasteiger partial charge in [0.05, 0.1) is 5.69 Å². The van der Waals surface area contributed by atoms with Gasteiger partial charge in [-0.25, -0.2) is 4.98 Å². The number of benzene rings is 2. The molecule has 0 saturated carbocycles. The Labute approximate surface area is 160 Å². The van der Waals surface area contributed by atoms with Crippen LogP contribution in [0.4, 0.5) is 11.5 Å². The summed E-state index contributed by atoms with van der Waals surface area (Å²) >= 11 is 3.63. The molecule has 0 aliphatic rings. The Morgan fingerprint density at radius 3 is 2.54 bits per heavy atom. The SMILES string of the molecule is Cc1ccc(Nc2c(-c3ccccc3O)nc3ccc(C)cn23)c(Br)c1. The lowest BCUT2D eigenvalue weighted by Crippen LogP contribution is -1.98. The van der Waals surface area contributed by atoms with Crippen molar-refractivity contribution < 1.29 is 5.11 Å². The largest absolute Gasteiger partial charge is 0.507 e. The first-order valence-corrected chi connectivity index (χ1v) is 9.12. The van der Waals surface area contributed by atoms with E-state index in [1.165, 1.54) is 5.56 Å². The molecule has 5 heteroatoms. The van der Waals surface area contributed by atoms with Crippen LogP contribution in [0.2, 0.25) is 0 Å². The van der Waals surface area contributed by atoms with Gasteiger partial charge >= 0.3 is 0 Å². The summed E-state index contributed by atoms with van der Waals surface area (Å²) in [6.45, 7) is 4.10. The van der Waals surface area contributed by atoms with Crippen LogP contribution in [0.5, 0.6) is 5.75 Å². The predicted molar refractivity (Wildman–Crippen MR) is 109 cm³/mol. The van der Waals surface area contributed by atoms with Crippen molar-refractivity contribution in [3.05, 3.63) is 76.4 Å². The molecule has 2 aromatic heterocycles. The summed E-state index contributed by atoms with van der Waals surface area (Å²) in [4.78, 5) is 4.75. The molecule has 4 nitrogen and oxygen atoms in total. The number of nitrogens with one attached hydrogen (secondary N) is 1. The number of phenolic OH excluding ortho intramolecular Hbond substituents is 1. The molecule has 4 rings (SSSR count). The molecule has 130 valence electrons. The van der Waals surface area contributed by atoms with Crippen molar-refractivity contribution in [2.45, 2.75) is 13.8 Å². The standard InChI is InChI=1S/C21H18BrN3O/c1-13-7-9-17(16(22)11-13)23-21-20(15-5-3-4-6-18(15)26)24-19-10-8-14(2)12-25(19)21/h3-12,23,26H,1-2H3.